The average Bonchev–Trinajstić information content (AvgIpc) is 2.93. The van der Waals surface area contributed by atoms with Crippen LogP contribution in [0.5, 0.6) is 5.75 Å². The van der Waals surface area contributed by atoms with E-state index in [-0.39, 0.29) is 17.1 Å². The lowest BCUT2D eigenvalue weighted by Gasteiger charge is -2.13. The maximum Gasteiger partial charge on any atom is 0.197 e. The van der Waals surface area contributed by atoms with E-state index < -0.39 is 0 Å². The highest BCUT2D eigenvalue weighted by molar-refractivity contribution is 14.1. The second-order valence-corrected chi connectivity index (χ2v) is 8.75. The molecule has 1 aliphatic rings. The molecule has 0 N–H and O–H groups in total. The van der Waals surface area contributed by atoms with Gasteiger partial charge in [-0.1, -0.05) is 54.6 Å². The van der Waals surface area contributed by atoms with Crippen LogP contribution in [0.4, 0.5) is 0 Å². The molecule has 0 fully saturated rings. The largest absolute Gasteiger partial charge is 0.487 e. The Hall–Kier alpha value is -2.00. The van der Waals surface area contributed by atoms with Gasteiger partial charge in [0.25, 0.3) is 0 Å². The van der Waals surface area contributed by atoms with E-state index in [1.54, 1.807) is 30.3 Å². The third-order valence-electron chi connectivity index (χ3n) is 4.47. The minimum atomic E-state index is -0.233. The number of halogens is 2. The molecule has 5 heteroatoms. The van der Waals surface area contributed by atoms with Crippen molar-refractivity contribution in [2.24, 2.45) is 0 Å². The van der Waals surface area contributed by atoms with Gasteiger partial charge in [0.1, 0.15) is 12.4 Å². The van der Waals surface area contributed by atoms with Crippen LogP contribution in [0, 0.1) is 7.14 Å². The Morgan fingerprint density at radius 2 is 1.43 bits per heavy atom. The Kier molecular flexibility index (Phi) is 5.63. The number of fused-ring (bicyclic) bond motifs is 1. The van der Waals surface area contributed by atoms with Crippen LogP contribution in [0.2, 0.25) is 0 Å². The molecule has 0 radical (unpaired) electrons. The molecule has 0 aromatic heterocycles. The zero-order chi connectivity index (χ0) is 19.7. The van der Waals surface area contributed by atoms with E-state index >= 15 is 0 Å². The van der Waals surface area contributed by atoms with Gasteiger partial charge in [-0.05, 0) is 69.0 Å². The van der Waals surface area contributed by atoms with E-state index in [0.717, 1.165) is 18.3 Å². The Morgan fingerprint density at radius 3 is 2.07 bits per heavy atom. The molecule has 0 amide bonds. The predicted octanol–water partition coefficient (Wildman–Crippen LogP) is 5.94. The van der Waals surface area contributed by atoms with E-state index in [0.29, 0.717) is 23.5 Å². The highest BCUT2D eigenvalue weighted by atomic mass is 127. The maximum atomic E-state index is 12.7. The van der Waals surface area contributed by atoms with Crippen molar-refractivity contribution in [3.8, 4) is 5.75 Å². The number of hydrogen-bond donors (Lipinski definition) is 0. The van der Waals surface area contributed by atoms with Crippen molar-refractivity contribution in [3.63, 3.8) is 0 Å². The smallest absolute Gasteiger partial charge is 0.197 e. The summed E-state index contributed by atoms with van der Waals surface area (Å²) in [6.45, 7) is 0.412. The van der Waals surface area contributed by atoms with Crippen LogP contribution < -0.4 is 4.74 Å². The minimum absolute atomic E-state index is 0.184. The van der Waals surface area contributed by atoms with Crippen LogP contribution in [-0.2, 0) is 6.61 Å². The number of rotatable bonds is 4. The molecule has 3 aromatic rings. The number of Topliss-reactive ketones (excluding diaryl/α,β-unsaturated/α-hetero) is 2. The van der Waals surface area contributed by atoms with Crippen molar-refractivity contribution in [1.29, 1.82) is 0 Å². The van der Waals surface area contributed by atoms with Crippen molar-refractivity contribution in [2.75, 3.05) is 0 Å². The summed E-state index contributed by atoms with van der Waals surface area (Å²) in [5.41, 5.74) is 2.90. The summed E-state index contributed by atoms with van der Waals surface area (Å²) in [5, 5.41) is 0. The van der Waals surface area contributed by atoms with Crippen molar-refractivity contribution >= 4 is 62.8 Å². The topological polar surface area (TPSA) is 43.4 Å². The first-order valence-electron chi connectivity index (χ1n) is 8.60. The Bertz CT molecular complexity index is 1080. The first-order valence-corrected chi connectivity index (χ1v) is 10.8. The third-order valence-corrected chi connectivity index (χ3v) is 5.89. The van der Waals surface area contributed by atoms with Crippen LogP contribution in [0.25, 0.3) is 6.08 Å². The summed E-state index contributed by atoms with van der Waals surface area (Å²) in [5.74, 6) is 0.209. The van der Waals surface area contributed by atoms with E-state index in [1.165, 1.54) is 0 Å². The van der Waals surface area contributed by atoms with Crippen molar-refractivity contribution in [3.05, 3.63) is 102 Å². The molecule has 3 nitrogen and oxygen atoms in total. The van der Waals surface area contributed by atoms with E-state index in [9.17, 15) is 9.59 Å². The van der Waals surface area contributed by atoms with Gasteiger partial charge >= 0.3 is 0 Å². The number of ketones is 2. The first-order chi connectivity index (χ1) is 13.5. The molecule has 0 heterocycles. The van der Waals surface area contributed by atoms with Gasteiger partial charge in [-0.3, -0.25) is 9.59 Å². The molecule has 3 aromatic carbocycles. The number of carbonyl (C=O) groups excluding carboxylic acids is 2. The van der Waals surface area contributed by atoms with Gasteiger partial charge in [0, 0.05) is 20.3 Å². The van der Waals surface area contributed by atoms with Gasteiger partial charge in [0.05, 0.1) is 9.14 Å². The van der Waals surface area contributed by atoms with Crippen LogP contribution in [0.1, 0.15) is 31.8 Å². The molecule has 4 rings (SSSR count). The fourth-order valence-corrected chi connectivity index (χ4v) is 5.17. The Labute approximate surface area is 190 Å². The summed E-state index contributed by atoms with van der Waals surface area (Å²) in [6, 6.07) is 20.8. The maximum absolute atomic E-state index is 12.7. The van der Waals surface area contributed by atoms with Crippen LogP contribution in [0.3, 0.4) is 0 Å². The lowest BCUT2D eigenvalue weighted by Crippen LogP contribution is -2.03. The molecule has 0 spiro atoms. The Morgan fingerprint density at radius 1 is 0.821 bits per heavy atom. The van der Waals surface area contributed by atoms with Crippen molar-refractivity contribution in [2.45, 2.75) is 6.61 Å². The standard InChI is InChI=1S/C23H14I2O3/c24-16-10-15(11-19-21(26)17-8-4-5-9-18(17)22(19)27)23(20(25)12-16)28-13-14-6-2-1-3-7-14/h1-12H,13H2. The number of benzene rings is 3. The minimum Gasteiger partial charge on any atom is -0.487 e. The highest BCUT2D eigenvalue weighted by Gasteiger charge is 2.32. The molecule has 0 unspecified atom stereocenters. The van der Waals surface area contributed by atoms with Gasteiger partial charge < -0.3 is 4.74 Å². The second-order valence-electron chi connectivity index (χ2n) is 6.34. The molecule has 28 heavy (non-hydrogen) atoms. The van der Waals surface area contributed by atoms with Crippen LogP contribution in [-0.4, -0.2) is 11.6 Å². The van der Waals surface area contributed by atoms with Gasteiger partial charge in [-0.2, -0.15) is 0 Å². The third kappa shape index (κ3) is 3.77. The molecule has 0 bridgehead atoms. The molecular weight excluding hydrogens is 578 g/mol. The van der Waals surface area contributed by atoms with Gasteiger partial charge in [0.15, 0.2) is 11.6 Å². The van der Waals surface area contributed by atoms with Crippen LogP contribution in [0.15, 0.2) is 72.3 Å². The fourth-order valence-electron chi connectivity index (χ4n) is 3.13. The molecule has 0 saturated heterocycles. The van der Waals surface area contributed by atoms with Crippen LogP contribution >= 0.6 is 45.2 Å². The number of ether oxygens (including phenoxy) is 1. The molecule has 0 atom stereocenters. The van der Waals surface area contributed by atoms with Crippen molar-refractivity contribution in [1.82, 2.24) is 0 Å². The first kappa shape index (κ1) is 19.3. The second kappa shape index (κ2) is 8.16. The number of carbonyl (C=O) groups is 2. The SMILES string of the molecule is O=C1C(=Cc2cc(I)cc(I)c2OCc2ccccc2)C(=O)c2ccccc21. The summed E-state index contributed by atoms with van der Waals surface area (Å²) in [7, 11) is 0. The zero-order valence-electron chi connectivity index (χ0n) is 14.6. The fraction of sp³-hybridized carbons (Fsp3) is 0.0435. The lowest BCUT2D eigenvalue weighted by molar-refractivity contribution is 0.0990. The average molecular weight is 592 g/mol. The summed E-state index contributed by atoms with van der Waals surface area (Å²) in [6.07, 6.45) is 1.66. The van der Waals surface area contributed by atoms with E-state index in [2.05, 4.69) is 45.2 Å². The highest BCUT2D eigenvalue weighted by Crippen LogP contribution is 2.34. The van der Waals surface area contributed by atoms with Crippen molar-refractivity contribution < 1.29 is 14.3 Å². The molecule has 0 saturated carbocycles. The van der Waals surface area contributed by atoms with E-state index in [1.807, 2.05) is 42.5 Å². The number of hydrogen-bond acceptors (Lipinski definition) is 3. The quantitative estimate of drug-likeness (QED) is 0.214. The predicted molar refractivity (Wildman–Crippen MR) is 126 cm³/mol. The monoisotopic (exact) mass is 592 g/mol. The number of allylic oxidation sites excluding steroid dienone is 1. The lowest BCUT2D eigenvalue weighted by atomic mass is 10.1. The van der Waals surface area contributed by atoms with E-state index in [4.69, 9.17) is 4.74 Å². The zero-order valence-corrected chi connectivity index (χ0v) is 18.9. The molecular formula is C23H14I2O3. The Balaban J connectivity index is 1.73. The van der Waals surface area contributed by atoms with Gasteiger partial charge in [0.2, 0.25) is 0 Å². The summed E-state index contributed by atoms with van der Waals surface area (Å²) < 4.78 is 8.03. The summed E-state index contributed by atoms with van der Waals surface area (Å²) >= 11 is 4.45. The summed E-state index contributed by atoms with van der Waals surface area (Å²) in [4.78, 5) is 25.5. The normalized spacial score (nSPS) is 12.9. The van der Waals surface area contributed by atoms with Gasteiger partial charge in [-0.25, -0.2) is 0 Å². The molecule has 0 aliphatic heterocycles. The van der Waals surface area contributed by atoms with Gasteiger partial charge in [-0.15, -0.1) is 0 Å². The molecule has 1 aliphatic carbocycles. The molecule has 138 valence electrons.